The highest BCUT2D eigenvalue weighted by Gasteiger charge is 2.07. The molecule has 4 heteroatoms. The van der Waals surface area contributed by atoms with Crippen LogP contribution in [-0.2, 0) is 0 Å². The van der Waals surface area contributed by atoms with Crippen molar-refractivity contribution in [2.24, 2.45) is 0 Å². The van der Waals surface area contributed by atoms with Crippen LogP contribution in [0, 0.1) is 6.92 Å². The fourth-order valence-electron chi connectivity index (χ4n) is 1.88. The van der Waals surface area contributed by atoms with Crippen molar-refractivity contribution < 1.29 is 0 Å². The Labute approximate surface area is 107 Å². The highest BCUT2D eigenvalue weighted by molar-refractivity contribution is 9.10. The number of rotatable bonds is 1. The van der Waals surface area contributed by atoms with Crippen LogP contribution in [-0.4, -0.2) is 15.0 Å². The number of fused-ring (bicyclic) bond motifs is 1. The molecular formula is C13H10BrN3. The molecule has 3 nitrogen and oxygen atoms in total. The van der Waals surface area contributed by atoms with Crippen LogP contribution in [0.1, 0.15) is 5.56 Å². The summed E-state index contributed by atoms with van der Waals surface area (Å²) in [4.78, 5) is 11.9. The summed E-state index contributed by atoms with van der Waals surface area (Å²) >= 11 is 3.46. The molecule has 0 aliphatic carbocycles. The van der Waals surface area contributed by atoms with E-state index in [1.165, 1.54) is 5.56 Å². The SMILES string of the molecule is Cc1cc(Br)ccc1-c1nc2ccncc2[nH]1. The van der Waals surface area contributed by atoms with Crippen molar-refractivity contribution in [1.82, 2.24) is 15.0 Å². The predicted octanol–water partition coefficient (Wildman–Crippen LogP) is 3.70. The lowest BCUT2D eigenvalue weighted by Crippen LogP contribution is -1.85. The molecule has 3 rings (SSSR count). The number of aryl methyl sites for hydroxylation is 1. The van der Waals surface area contributed by atoms with Crippen LogP contribution in [0.25, 0.3) is 22.4 Å². The Balaban J connectivity index is 2.20. The number of halogens is 1. The summed E-state index contributed by atoms with van der Waals surface area (Å²) in [5, 5.41) is 0. The molecule has 0 aliphatic heterocycles. The van der Waals surface area contributed by atoms with Gasteiger partial charge in [-0.15, -0.1) is 0 Å². The third-order valence-corrected chi connectivity index (χ3v) is 3.22. The number of aromatic nitrogens is 3. The van der Waals surface area contributed by atoms with Gasteiger partial charge in [-0.25, -0.2) is 4.98 Å². The second-order valence-electron chi connectivity index (χ2n) is 3.94. The largest absolute Gasteiger partial charge is 0.337 e. The van der Waals surface area contributed by atoms with E-state index < -0.39 is 0 Å². The zero-order valence-electron chi connectivity index (χ0n) is 9.24. The summed E-state index contributed by atoms with van der Waals surface area (Å²) in [7, 11) is 0. The molecule has 0 spiro atoms. The Kier molecular flexibility index (Phi) is 2.44. The average molecular weight is 288 g/mol. The van der Waals surface area contributed by atoms with E-state index in [4.69, 9.17) is 0 Å². The van der Waals surface area contributed by atoms with Crippen molar-refractivity contribution in [3.63, 3.8) is 0 Å². The van der Waals surface area contributed by atoms with Crippen LogP contribution in [0.5, 0.6) is 0 Å². The fraction of sp³-hybridized carbons (Fsp3) is 0.0769. The zero-order valence-corrected chi connectivity index (χ0v) is 10.8. The van der Waals surface area contributed by atoms with Gasteiger partial charge in [0.25, 0.3) is 0 Å². The lowest BCUT2D eigenvalue weighted by atomic mass is 10.1. The first-order chi connectivity index (χ1) is 8.24. The van der Waals surface area contributed by atoms with Gasteiger partial charge >= 0.3 is 0 Å². The molecule has 0 fully saturated rings. The third-order valence-electron chi connectivity index (χ3n) is 2.73. The number of H-pyrrole nitrogens is 1. The van der Waals surface area contributed by atoms with Gasteiger partial charge in [0, 0.05) is 16.2 Å². The van der Waals surface area contributed by atoms with E-state index in [1.807, 2.05) is 12.1 Å². The van der Waals surface area contributed by atoms with Gasteiger partial charge < -0.3 is 4.98 Å². The highest BCUT2D eigenvalue weighted by Crippen LogP contribution is 2.25. The minimum Gasteiger partial charge on any atom is -0.337 e. The van der Waals surface area contributed by atoms with Gasteiger partial charge in [-0.1, -0.05) is 15.9 Å². The number of hydrogen-bond acceptors (Lipinski definition) is 2. The fourth-order valence-corrected chi connectivity index (χ4v) is 2.35. The summed E-state index contributed by atoms with van der Waals surface area (Å²) in [5.74, 6) is 0.887. The van der Waals surface area contributed by atoms with Crippen molar-refractivity contribution in [3.8, 4) is 11.4 Å². The molecule has 0 unspecified atom stereocenters. The number of pyridine rings is 1. The van der Waals surface area contributed by atoms with Crippen molar-refractivity contribution in [2.75, 3.05) is 0 Å². The number of benzene rings is 1. The Morgan fingerprint density at radius 2 is 2.12 bits per heavy atom. The van der Waals surface area contributed by atoms with Gasteiger partial charge in [0.2, 0.25) is 0 Å². The number of aromatic amines is 1. The molecule has 3 aromatic rings. The molecule has 84 valence electrons. The number of imidazole rings is 1. The third kappa shape index (κ3) is 1.85. The lowest BCUT2D eigenvalue weighted by Gasteiger charge is -2.02. The van der Waals surface area contributed by atoms with E-state index in [9.17, 15) is 0 Å². The molecule has 0 saturated carbocycles. The average Bonchev–Trinajstić information content (AvgIpc) is 2.72. The van der Waals surface area contributed by atoms with Crippen LogP contribution in [0.15, 0.2) is 41.1 Å². The quantitative estimate of drug-likeness (QED) is 0.742. The molecule has 1 aromatic carbocycles. The van der Waals surface area contributed by atoms with Crippen molar-refractivity contribution >= 4 is 27.0 Å². The van der Waals surface area contributed by atoms with Crippen LogP contribution in [0.4, 0.5) is 0 Å². The molecule has 2 heterocycles. The number of hydrogen-bond donors (Lipinski definition) is 1. The molecule has 0 radical (unpaired) electrons. The van der Waals surface area contributed by atoms with Crippen molar-refractivity contribution in [2.45, 2.75) is 6.92 Å². The van der Waals surface area contributed by atoms with Crippen molar-refractivity contribution in [3.05, 3.63) is 46.7 Å². The first-order valence-corrected chi connectivity index (χ1v) is 6.09. The van der Waals surface area contributed by atoms with Crippen LogP contribution in [0.2, 0.25) is 0 Å². The van der Waals surface area contributed by atoms with E-state index in [0.29, 0.717) is 0 Å². The van der Waals surface area contributed by atoms with Gasteiger partial charge in [0.15, 0.2) is 0 Å². The summed E-state index contributed by atoms with van der Waals surface area (Å²) in [6.45, 7) is 2.07. The van der Waals surface area contributed by atoms with E-state index >= 15 is 0 Å². The molecule has 0 atom stereocenters. The first-order valence-electron chi connectivity index (χ1n) is 5.30. The first kappa shape index (κ1) is 10.5. The predicted molar refractivity (Wildman–Crippen MR) is 71.8 cm³/mol. The minimum atomic E-state index is 0.887. The Morgan fingerprint density at radius 3 is 2.88 bits per heavy atom. The Morgan fingerprint density at radius 1 is 1.24 bits per heavy atom. The van der Waals surface area contributed by atoms with Crippen molar-refractivity contribution in [1.29, 1.82) is 0 Å². The van der Waals surface area contributed by atoms with Crippen LogP contribution < -0.4 is 0 Å². The lowest BCUT2D eigenvalue weighted by molar-refractivity contribution is 1.30. The van der Waals surface area contributed by atoms with Gasteiger partial charge in [-0.3, -0.25) is 4.98 Å². The maximum atomic E-state index is 4.56. The molecule has 17 heavy (non-hydrogen) atoms. The van der Waals surface area contributed by atoms with Crippen LogP contribution in [0.3, 0.4) is 0 Å². The van der Waals surface area contributed by atoms with E-state index in [1.54, 1.807) is 12.4 Å². The summed E-state index contributed by atoms with van der Waals surface area (Å²) < 4.78 is 1.08. The number of nitrogens with one attached hydrogen (secondary N) is 1. The molecule has 0 aliphatic rings. The Hall–Kier alpha value is -1.68. The smallest absolute Gasteiger partial charge is 0.138 e. The normalized spacial score (nSPS) is 10.9. The topological polar surface area (TPSA) is 41.6 Å². The molecule has 1 N–H and O–H groups in total. The van der Waals surface area contributed by atoms with E-state index in [-0.39, 0.29) is 0 Å². The molecule has 0 amide bonds. The second kappa shape index (κ2) is 3.96. The summed E-state index contributed by atoms with van der Waals surface area (Å²) in [6.07, 6.45) is 3.54. The van der Waals surface area contributed by atoms with Crippen LogP contribution >= 0.6 is 15.9 Å². The molecule has 0 bridgehead atoms. The summed E-state index contributed by atoms with van der Waals surface area (Å²) in [5.41, 5.74) is 4.21. The zero-order chi connectivity index (χ0) is 11.8. The summed E-state index contributed by atoms with van der Waals surface area (Å²) in [6, 6.07) is 8.07. The van der Waals surface area contributed by atoms with Gasteiger partial charge in [0.1, 0.15) is 5.82 Å². The van der Waals surface area contributed by atoms with Gasteiger partial charge in [-0.05, 0) is 36.8 Å². The van der Waals surface area contributed by atoms with E-state index in [0.717, 1.165) is 26.9 Å². The monoisotopic (exact) mass is 287 g/mol. The molecule has 0 saturated heterocycles. The maximum Gasteiger partial charge on any atom is 0.138 e. The molecular weight excluding hydrogens is 278 g/mol. The minimum absolute atomic E-state index is 0.887. The van der Waals surface area contributed by atoms with Gasteiger partial charge in [-0.2, -0.15) is 0 Å². The maximum absolute atomic E-state index is 4.56. The second-order valence-corrected chi connectivity index (χ2v) is 4.85. The van der Waals surface area contributed by atoms with E-state index in [2.05, 4.69) is 49.9 Å². The molecule has 2 aromatic heterocycles. The standard InChI is InChI=1S/C13H10BrN3/c1-8-6-9(14)2-3-10(8)13-16-11-4-5-15-7-12(11)17-13/h2-7H,1H3,(H,16,17). The van der Waals surface area contributed by atoms with Gasteiger partial charge in [0.05, 0.1) is 17.2 Å². The number of nitrogens with zero attached hydrogens (tertiary/aromatic N) is 2. The Bertz CT molecular complexity index is 655. The highest BCUT2D eigenvalue weighted by atomic mass is 79.9.